The summed E-state index contributed by atoms with van der Waals surface area (Å²) in [6.45, 7) is 11.6. The molecule has 2 atom stereocenters. The van der Waals surface area contributed by atoms with Crippen molar-refractivity contribution in [3.63, 3.8) is 0 Å². The van der Waals surface area contributed by atoms with Crippen LogP contribution in [0, 0.1) is 47.3 Å². The molecule has 2 fully saturated rings. The third-order valence-electron chi connectivity index (χ3n) is 12.9. The number of hydrogen-bond acceptors (Lipinski definition) is 1. The van der Waals surface area contributed by atoms with Gasteiger partial charge in [0, 0.05) is 13.2 Å². The van der Waals surface area contributed by atoms with Crippen molar-refractivity contribution in [1.82, 2.24) is 0 Å². The van der Waals surface area contributed by atoms with Gasteiger partial charge in [-0.15, -0.1) is 0 Å². The van der Waals surface area contributed by atoms with Crippen LogP contribution in [0.4, 0.5) is 0 Å². The first-order valence-electron chi connectivity index (χ1n) is 19.9. The highest BCUT2D eigenvalue weighted by Crippen LogP contribution is 2.38. The Bertz CT molecular complexity index is 722. The lowest BCUT2D eigenvalue weighted by atomic mass is 9.75. The van der Waals surface area contributed by atoms with Crippen molar-refractivity contribution in [3.05, 3.63) is 23.3 Å². The van der Waals surface area contributed by atoms with Crippen LogP contribution >= 0.6 is 0 Å². The van der Waals surface area contributed by atoms with Gasteiger partial charge in [-0.2, -0.15) is 0 Å². The van der Waals surface area contributed by atoms with Gasteiger partial charge < -0.3 is 4.74 Å². The monoisotopic (exact) mass is 595 g/mol. The first-order valence-corrected chi connectivity index (χ1v) is 19.9. The summed E-state index contributed by atoms with van der Waals surface area (Å²) >= 11 is 0. The van der Waals surface area contributed by atoms with Crippen LogP contribution in [0.3, 0.4) is 0 Å². The van der Waals surface area contributed by atoms with Crippen molar-refractivity contribution in [3.8, 4) is 0 Å². The maximum Gasteiger partial charge on any atom is 0.0469 e. The summed E-state index contributed by atoms with van der Waals surface area (Å²) in [4.78, 5) is 0. The standard InChI is InChI=1S/C42H74O/c1-33(2)41-27-23-37(24-28-41)11-5-9-35-15-19-39(20-16-35)13-7-31-43-32-8-14-40-21-17-36(18-22-40)10-6-12-38-25-29-42(30-26-38)34(3)4/h19,21,33-38,41-42H,5-18,20,22-32H2,1-4H3. The Morgan fingerprint density at radius 3 is 1.26 bits per heavy atom. The molecule has 0 amide bonds. The highest BCUT2D eigenvalue weighted by Gasteiger charge is 2.25. The van der Waals surface area contributed by atoms with Gasteiger partial charge in [0.05, 0.1) is 0 Å². The van der Waals surface area contributed by atoms with E-state index in [1.54, 1.807) is 11.1 Å². The molecular formula is C42H74O. The predicted octanol–water partition coefficient (Wildman–Crippen LogP) is 13.3. The summed E-state index contributed by atoms with van der Waals surface area (Å²) in [5, 5.41) is 0. The van der Waals surface area contributed by atoms with Crippen LogP contribution < -0.4 is 0 Å². The van der Waals surface area contributed by atoms with Crippen LogP contribution in [-0.2, 0) is 4.74 Å². The molecule has 0 saturated heterocycles. The number of allylic oxidation sites excluding steroid dienone is 4. The van der Waals surface area contributed by atoms with E-state index in [9.17, 15) is 0 Å². The molecule has 0 bridgehead atoms. The zero-order valence-electron chi connectivity index (χ0n) is 29.6. The molecule has 43 heavy (non-hydrogen) atoms. The molecule has 4 rings (SSSR count). The maximum absolute atomic E-state index is 6.06. The van der Waals surface area contributed by atoms with Gasteiger partial charge in [0.2, 0.25) is 0 Å². The summed E-state index contributed by atoms with van der Waals surface area (Å²) in [7, 11) is 0. The lowest BCUT2D eigenvalue weighted by Crippen LogP contribution is -2.18. The van der Waals surface area contributed by atoms with Crippen molar-refractivity contribution < 1.29 is 4.74 Å². The fourth-order valence-electron chi connectivity index (χ4n) is 9.45. The summed E-state index contributed by atoms with van der Waals surface area (Å²) in [5.74, 6) is 7.85. The Morgan fingerprint density at radius 2 is 0.907 bits per heavy atom. The Hall–Kier alpha value is -0.560. The summed E-state index contributed by atoms with van der Waals surface area (Å²) in [6.07, 6.45) is 39.5. The molecule has 0 aromatic heterocycles. The number of rotatable bonds is 18. The lowest BCUT2D eigenvalue weighted by molar-refractivity contribution is 0.129. The number of ether oxygens (including phenoxy) is 1. The molecule has 0 aliphatic heterocycles. The second-order valence-electron chi connectivity index (χ2n) is 16.7. The van der Waals surface area contributed by atoms with E-state index in [0.717, 1.165) is 60.6 Å². The van der Waals surface area contributed by atoms with Gasteiger partial charge in [-0.3, -0.25) is 0 Å². The third-order valence-corrected chi connectivity index (χ3v) is 12.9. The zero-order valence-corrected chi connectivity index (χ0v) is 29.6. The van der Waals surface area contributed by atoms with Gasteiger partial charge in [-0.25, -0.2) is 0 Å². The highest BCUT2D eigenvalue weighted by molar-refractivity contribution is 5.07. The molecule has 0 N–H and O–H groups in total. The van der Waals surface area contributed by atoms with E-state index in [-0.39, 0.29) is 0 Å². The topological polar surface area (TPSA) is 9.23 Å². The van der Waals surface area contributed by atoms with Crippen LogP contribution in [0.15, 0.2) is 23.3 Å². The van der Waals surface area contributed by atoms with Crippen LogP contribution in [0.1, 0.15) is 182 Å². The molecule has 2 saturated carbocycles. The molecule has 4 aliphatic carbocycles. The molecule has 1 heteroatoms. The Labute approximate surface area is 269 Å². The van der Waals surface area contributed by atoms with Crippen molar-refractivity contribution in [1.29, 1.82) is 0 Å². The van der Waals surface area contributed by atoms with Crippen LogP contribution in [0.25, 0.3) is 0 Å². The van der Waals surface area contributed by atoms with E-state index in [1.807, 2.05) is 0 Å². The third kappa shape index (κ3) is 13.4. The van der Waals surface area contributed by atoms with E-state index in [1.165, 1.54) is 154 Å². The van der Waals surface area contributed by atoms with Crippen molar-refractivity contribution in [2.24, 2.45) is 47.3 Å². The maximum atomic E-state index is 6.06. The van der Waals surface area contributed by atoms with E-state index in [2.05, 4.69) is 39.8 Å². The van der Waals surface area contributed by atoms with Gasteiger partial charge in [-0.1, -0.05) is 115 Å². The fraction of sp³-hybridized carbons (Fsp3) is 0.905. The van der Waals surface area contributed by atoms with Crippen LogP contribution in [0.5, 0.6) is 0 Å². The molecular weight excluding hydrogens is 520 g/mol. The first kappa shape index (κ1) is 35.3. The van der Waals surface area contributed by atoms with E-state index in [4.69, 9.17) is 4.74 Å². The molecule has 4 aliphatic rings. The molecule has 0 aromatic rings. The molecule has 0 spiro atoms. The smallest absolute Gasteiger partial charge is 0.0469 e. The molecule has 0 aromatic carbocycles. The first-order chi connectivity index (χ1) is 21.0. The van der Waals surface area contributed by atoms with E-state index in [0.29, 0.717) is 0 Å². The molecule has 2 unspecified atom stereocenters. The van der Waals surface area contributed by atoms with Gasteiger partial charge in [0.1, 0.15) is 0 Å². The molecule has 248 valence electrons. The van der Waals surface area contributed by atoms with Gasteiger partial charge >= 0.3 is 0 Å². The lowest BCUT2D eigenvalue weighted by Gasteiger charge is -2.31. The van der Waals surface area contributed by atoms with Gasteiger partial charge in [0.15, 0.2) is 0 Å². The molecule has 0 heterocycles. The van der Waals surface area contributed by atoms with Crippen molar-refractivity contribution in [2.75, 3.05) is 13.2 Å². The van der Waals surface area contributed by atoms with Gasteiger partial charge in [-0.05, 0) is 137 Å². The summed E-state index contributed by atoms with van der Waals surface area (Å²) < 4.78 is 6.06. The quantitative estimate of drug-likeness (QED) is 0.113. The number of hydrogen-bond donors (Lipinski definition) is 0. The van der Waals surface area contributed by atoms with Gasteiger partial charge in [0.25, 0.3) is 0 Å². The zero-order chi connectivity index (χ0) is 30.3. The normalized spacial score (nSPS) is 30.5. The minimum Gasteiger partial charge on any atom is -0.381 e. The average Bonchev–Trinajstić information content (AvgIpc) is 3.02. The van der Waals surface area contributed by atoms with E-state index >= 15 is 0 Å². The highest BCUT2D eigenvalue weighted by atomic mass is 16.5. The minimum atomic E-state index is 0.900. The van der Waals surface area contributed by atoms with Crippen molar-refractivity contribution >= 4 is 0 Å². The Kier molecular flexibility index (Phi) is 16.3. The largest absolute Gasteiger partial charge is 0.381 e. The summed E-state index contributed by atoms with van der Waals surface area (Å²) in [5.41, 5.74) is 3.46. The Balaban J connectivity index is 0.933. The second kappa shape index (κ2) is 19.8. The van der Waals surface area contributed by atoms with E-state index < -0.39 is 0 Å². The predicted molar refractivity (Wildman–Crippen MR) is 188 cm³/mol. The molecule has 1 nitrogen and oxygen atoms in total. The van der Waals surface area contributed by atoms with Crippen molar-refractivity contribution in [2.45, 2.75) is 182 Å². The molecule has 0 radical (unpaired) electrons. The SMILES string of the molecule is CC(C)C1CCC(CCCC2CC=C(CCCOCCCC3=CCC(CCCC4CCC(C(C)C)CC4)CC3)CC2)CC1. The van der Waals surface area contributed by atoms with Crippen LogP contribution in [-0.4, -0.2) is 13.2 Å². The van der Waals surface area contributed by atoms with Crippen LogP contribution in [0.2, 0.25) is 0 Å². The summed E-state index contributed by atoms with van der Waals surface area (Å²) in [6, 6.07) is 0. The average molecular weight is 595 g/mol. The Morgan fingerprint density at radius 1 is 0.512 bits per heavy atom. The minimum absolute atomic E-state index is 0.900. The fourth-order valence-corrected chi connectivity index (χ4v) is 9.45. The second-order valence-corrected chi connectivity index (χ2v) is 16.7.